The maximum Gasteiger partial charge on any atom is 0.239 e. The number of hydrogen-bond donors (Lipinski definition) is 1. The van der Waals surface area contributed by atoms with Crippen LogP contribution in [-0.2, 0) is 16.0 Å². The van der Waals surface area contributed by atoms with Crippen LogP contribution in [0.5, 0.6) is 0 Å². The lowest BCUT2D eigenvalue weighted by Crippen LogP contribution is -2.45. The Bertz CT molecular complexity index is 584. The van der Waals surface area contributed by atoms with E-state index in [1.807, 2.05) is 30.0 Å². The van der Waals surface area contributed by atoms with Crippen molar-refractivity contribution in [3.05, 3.63) is 29.3 Å². The van der Waals surface area contributed by atoms with Gasteiger partial charge in [0.05, 0.1) is 12.6 Å². The number of carbonyl (C=O) groups excluding carboxylic acids is 2. The van der Waals surface area contributed by atoms with Gasteiger partial charge < -0.3 is 10.2 Å². The minimum atomic E-state index is -0.168. The van der Waals surface area contributed by atoms with Crippen LogP contribution < -0.4 is 5.32 Å². The summed E-state index contributed by atoms with van der Waals surface area (Å²) in [5, 5.41) is 3.04. The van der Waals surface area contributed by atoms with E-state index in [0.717, 1.165) is 42.6 Å². The molecular weight excluding hydrogens is 290 g/mol. The quantitative estimate of drug-likeness (QED) is 0.904. The molecule has 0 aromatic heterocycles. The second-order valence-corrected chi connectivity index (χ2v) is 6.37. The largest absolute Gasteiger partial charge is 0.347 e. The van der Waals surface area contributed by atoms with Crippen molar-refractivity contribution in [1.82, 2.24) is 9.80 Å². The molecule has 0 saturated carbocycles. The highest BCUT2D eigenvalue weighted by atomic mass is 16.2. The lowest BCUT2D eigenvalue weighted by molar-refractivity contribution is -0.133. The van der Waals surface area contributed by atoms with E-state index in [-0.39, 0.29) is 24.4 Å². The van der Waals surface area contributed by atoms with Gasteiger partial charge in [-0.15, -0.1) is 0 Å². The maximum absolute atomic E-state index is 12.4. The Labute approximate surface area is 138 Å². The highest BCUT2D eigenvalue weighted by molar-refractivity contribution is 5.94. The first-order valence-corrected chi connectivity index (χ1v) is 8.27. The third kappa shape index (κ3) is 4.10. The lowest BCUT2D eigenvalue weighted by Gasteiger charge is -2.25. The number of benzene rings is 1. The van der Waals surface area contributed by atoms with Crippen LogP contribution in [0.3, 0.4) is 0 Å². The summed E-state index contributed by atoms with van der Waals surface area (Å²) in [6.07, 6.45) is 2.67. The van der Waals surface area contributed by atoms with Crippen LogP contribution in [0.2, 0.25) is 0 Å². The van der Waals surface area contributed by atoms with Crippen LogP contribution in [0, 0.1) is 6.92 Å². The fourth-order valence-electron chi connectivity index (χ4n) is 3.16. The summed E-state index contributed by atoms with van der Waals surface area (Å²) >= 11 is 0. The molecule has 1 aromatic rings. The Balaban J connectivity index is 2.04. The Morgan fingerprint density at radius 2 is 2.09 bits per heavy atom. The van der Waals surface area contributed by atoms with Crippen molar-refractivity contribution in [2.45, 2.75) is 39.2 Å². The van der Waals surface area contributed by atoms with Gasteiger partial charge in [-0.2, -0.15) is 0 Å². The Morgan fingerprint density at radius 1 is 1.35 bits per heavy atom. The van der Waals surface area contributed by atoms with Gasteiger partial charge in [0.15, 0.2) is 0 Å². The zero-order valence-electron chi connectivity index (χ0n) is 14.6. The van der Waals surface area contributed by atoms with E-state index in [1.165, 1.54) is 0 Å². The van der Waals surface area contributed by atoms with E-state index < -0.39 is 0 Å². The molecule has 1 heterocycles. The van der Waals surface area contributed by atoms with Crippen molar-refractivity contribution in [2.24, 2.45) is 0 Å². The van der Waals surface area contributed by atoms with Crippen molar-refractivity contribution >= 4 is 17.5 Å². The molecule has 5 nitrogen and oxygen atoms in total. The van der Waals surface area contributed by atoms with Gasteiger partial charge in [-0.05, 0) is 43.9 Å². The molecule has 23 heavy (non-hydrogen) atoms. The van der Waals surface area contributed by atoms with Gasteiger partial charge in [0.2, 0.25) is 11.8 Å². The highest BCUT2D eigenvalue weighted by Crippen LogP contribution is 2.22. The van der Waals surface area contributed by atoms with E-state index >= 15 is 0 Å². The van der Waals surface area contributed by atoms with Gasteiger partial charge in [-0.25, -0.2) is 0 Å². The van der Waals surface area contributed by atoms with Crippen molar-refractivity contribution in [3.8, 4) is 0 Å². The molecule has 1 aliphatic rings. The van der Waals surface area contributed by atoms with Gasteiger partial charge >= 0.3 is 0 Å². The van der Waals surface area contributed by atoms with Gasteiger partial charge in [0.1, 0.15) is 0 Å². The van der Waals surface area contributed by atoms with E-state index in [2.05, 4.69) is 12.2 Å². The van der Waals surface area contributed by atoms with Crippen molar-refractivity contribution in [3.63, 3.8) is 0 Å². The molecule has 1 atom stereocenters. The monoisotopic (exact) mass is 317 g/mol. The molecule has 2 amide bonds. The molecule has 1 fully saturated rings. The number of likely N-dealkylation sites (tertiary alicyclic amines) is 1. The molecule has 126 valence electrons. The summed E-state index contributed by atoms with van der Waals surface area (Å²) in [7, 11) is 3.53. The summed E-state index contributed by atoms with van der Waals surface area (Å²) in [6, 6.07) is 5.88. The second-order valence-electron chi connectivity index (χ2n) is 6.37. The van der Waals surface area contributed by atoms with Gasteiger partial charge in [-0.3, -0.25) is 14.5 Å². The van der Waals surface area contributed by atoms with E-state index in [4.69, 9.17) is 0 Å². The van der Waals surface area contributed by atoms with Crippen molar-refractivity contribution in [1.29, 1.82) is 0 Å². The SMILES string of the molecule is CCc1cccc(C)c1NC(=O)CN1CCCC1C(=O)N(C)C. The number of nitrogens with one attached hydrogen (secondary N) is 1. The third-order valence-corrected chi connectivity index (χ3v) is 4.44. The molecule has 5 heteroatoms. The number of amides is 2. The highest BCUT2D eigenvalue weighted by Gasteiger charge is 2.32. The Morgan fingerprint density at radius 3 is 2.74 bits per heavy atom. The van der Waals surface area contributed by atoms with E-state index in [1.54, 1.807) is 19.0 Å². The molecule has 1 N–H and O–H groups in total. The van der Waals surface area contributed by atoms with Gasteiger partial charge in [-0.1, -0.05) is 25.1 Å². The van der Waals surface area contributed by atoms with Crippen LogP contribution >= 0.6 is 0 Å². The number of nitrogens with zero attached hydrogens (tertiary/aromatic N) is 2. The Hall–Kier alpha value is -1.88. The fourth-order valence-corrected chi connectivity index (χ4v) is 3.16. The number of rotatable bonds is 5. The number of hydrogen-bond acceptors (Lipinski definition) is 3. The standard InChI is InChI=1S/C18H27N3O2/c1-5-14-9-6-8-13(2)17(14)19-16(22)12-21-11-7-10-15(21)18(23)20(3)4/h6,8-9,15H,5,7,10-12H2,1-4H3,(H,19,22). The molecule has 0 radical (unpaired) electrons. The summed E-state index contributed by atoms with van der Waals surface area (Å²) in [6.45, 7) is 5.15. The van der Waals surface area contributed by atoms with Crippen molar-refractivity contribution < 1.29 is 9.59 Å². The average molecular weight is 317 g/mol. The van der Waals surface area contributed by atoms with Gasteiger partial charge in [0, 0.05) is 19.8 Å². The Kier molecular flexibility index (Phi) is 5.77. The van der Waals surface area contributed by atoms with E-state index in [0.29, 0.717) is 0 Å². The minimum absolute atomic E-state index is 0.0487. The minimum Gasteiger partial charge on any atom is -0.347 e. The van der Waals surface area contributed by atoms with Crippen LogP contribution in [0.15, 0.2) is 18.2 Å². The summed E-state index contributed by atoms with van der Waals surface area (Å²) in [5.41, 5.74) is 3.12. The first-order valence-electron chi connectivity index (χ1n) is 8.27. The zero-order chi connectivity index (χ0) is 17.0. The topological polar surface area (TPSA) is 52.7 Å². The second kappa shape index (κ2) is 7.59. The molecule has 1 aliphatic heterocycles. The summed E-state index contributed by atoms with van der Waals surface area (Å²) in [5.74, 6) is 0.0351. The molecule has 0 aliphatic carbocycles. The van der Waals surface area contributed by atoms with Crippen molar-refractivity contribution in [2.75, 3.05) is 32.5 Å². The third-order valence-electron chi connectivity index (χ3n) is 4.44. The number of anilines is 1. The number of carbonyl (C=O) groups is 2. The zero-order valence-corrected chi connectivity index (χ0v) is 14.6. The van der Waals surface area contributed by atoms with Crippen LogP contribution in [0.4, 0.5) is 5.69 Å². The fraction of sp³-hybridized carbons (Fsp3) is 0.556. The van der Waals surface area contributed by atoms with E-state index in [9.17, 15) is 9.59 Å². The molecule has 1 unspecified atom stereocenters. The smallest absolute Gasteiger partial charge is 0.239 e. The normalized spacial score (nSPS) is 18.0. The average Bonchev–Trinajstić information content (AvgIpc) is 2.96. The predicted molar refractivity (Wildman–Crippen MR) is 92.5 cm³/mol. The molecule has 1 aromatic carbocycles. The first-order chi connectivity index (χ1) is 10.9. The summed E-state index contributed by atoms with van der Waals surface area (Å²) < 4.78 is 0. The predicted octanol–water partition coefficient (Wildman–Crippen LogP) is 2.05. The molecule has 1 saturated heterocycles. The molecule has 2 rings (SSSR count). The molecular formula is C18H27N3O2. The summed E-state index contributed by atoms with van der Waals surface area (Å²) in [4.78, 5) is 28.2. The van der Waals surface area contributed by atoms with Crippen LogP contribution in [0.25, 0.3) is 0 Å². The lowest BCUT2D eigenvalue weighted by atomic mass is 10.1. The van der Waals surface area contributed by atoms with Crippen LogP contribution in [-0.4, -0.2) is 54.8 Å². The first kappa shape index (κ1) is 17.5. The maximum atomic E-state index is 12.4. The van der Waals surface area contributed by atoms with Crippen LogP contribution in [0.1, 0.15) is 30.9 Å². The number of para-hydroxylation sites is 1. The molecule has 0 bridgehead atoms. The van der Waals surface area contributed by atoms with Gasteiger partial charge in [0.25, 0.3) is 0 Å². The number of aryl methyl sites for hydroxylation is 2. The molecule has 0 spiro atoms. The number of likely N-dealkylation sites (N-methyl/N-ethyl adjacent to an activating group) is 1.